The Bertz CT molecular complexity index is 298. The number of rotatable bonds is 6. The van der Waals surface area contributed by atoms with Crippen LogP contribution in [0.2, 0.25) is 0 Å². The fourth-order valence-corrected chi connectivity index (χ4v) is 1.18. The number of H-pyrrole nitrogens is 1. The van der Waals surface area contributed by atoms with Crippen molar-refractivity contribution in [3.63, 3.8) is 0 Å². The molecule has 0 radical (unpaired) electrons. The number of nitrogens with one attached hydrogen (secondary N) is 2. The summed E-state index contributed by atoms with van der Waals surface area (Å²) in [6.07, 6.45) is 2.85. The van der Waals surface area contributed by atoms with E-state index in [-0.39, 0.29) is 6.54 Å². The number of aliphatic hydroxyl groups excluding tert-OH is 1. The molecule has 0 aromatic carbocycles. The van der Waals surface area contributed by atoms with Gasteiger partial charge in [-0.1, -0.05) is 0 Å². The molecule has 6 nitrogen and oxygen atoms in total. The Morgan fingerprint density at radius 3 is 2.93 bits per heavy atom. The van der Waals surface area contributed by atoms with Crippen LogP contribution in [-0.2, 0) is 11.2 Å². The summed E-state index contributed by atoms with van der Waals surface area (Å²) >= 11 is 0. The predicted molar refractivity (Wildman–Crippen MR) is 53.4 cm³/mol. The van der Waals surface area contributed by atoms with E-state index in [1.54, 1.807) is 13.1 Å². The number of aliphatic carboxylic acids is 1. The highest BCUT2D eigenvalue weighted by atomic mass is 16.4. The maximum atomic E-state index is 10.9. The van der Waals surface area contributed by atoms with Crippen LogP contribution in [0.15, 0.2) is 12.5 Å². The molecule has 84 valence electrons. The Morgan fingerprint density at radius 1 is 1.73 bits per heavy atom. The molecule has 1 heterocycles. The van der Waals surface area contributed by atoms with Crippen LogP contribution in [-0.4, -0.2) is 44.8 Å². The summed E-state index contributed by atoms with van der Waals surface area (Å²) in [4.78, 5) is 17.5. The summed E-state index contributed by atoms with van der Waals surface area (Å²) in [5.74, 6) is -0.940. The lowest BCUT2D eigenvalue weighted by molar-refractivity contribution is -0.139. The van der Waals surface area contributed by atoms with Gasteiger partial charge in [-0.2, -0.15) is 0 Å². The number of aliphatic hydroxyl groups is 1. The largest absolute Gasteiger partial charge is 0.480 e. The van der Waals surface area contributed by atoms with E-state index < -0.39 is 18.1 Å². The van der Waals surface area contributed by atoms with Crippen molar-refractivity contribution in [1.82, 2.24) is 15.3 Å². The molecular weight excluding hydrogens is 198 g/mol. The van der Waals surface area contributed by atoms with Crippen LogP contribution < -0.4 is 5.32 Å². The average molecular weight is 213 g/mol. The molecule has 0 bridgehead atoms. The standard InChI is InChI=1S/C9H15N3O3/c1-6(13)3-11-8(9(14)15)2-7-4-10-5-12-7/h4-6,8,11,13H,2-3H2,1H3,(H,10,12)(H,14,15). The molecule has 2 unspecified atom stereocenters. The fraction of sp³-hybridized carbons (Fsp3) is 0.556. The minimum absolute atomic E-state index is 0.255. The first kappa shape index (κ1) is 11.7. The third kappa shape index (κ3) is 4.09. The summed E-state index contributed by atoms with van der Waals surface area (Å²) in [5.41, 5.74) is 0.750. The molecular formula is C9H15N3O3. The molecule has 2 atom stereocenters. The van der Waals surface area contributed by atoms with Gasteiger partial charge in [0.1, 0.15) is 6.04 Å². The molecule has 1 aromatic rings. The first-order chi connectivity index (χ1) is 7.09. The van der Waals surface area contributed by atoms with Gasteiger partial charge >= 0.3 is 5.97 Å². The molecule has 0 amide bonds. The summed E-state index contributed by atoms with van der Waals surface area (Å²) in [7, 11) is 0. The van der Waals surface area contributed by atoms with E-state index >= 15 is 0 Å². The van der Waals surface area contributed by atoms with Gasteiger partial charge in [0.15, 0.2) is 0 Å². The zero-order valence-corrected chi connectivity index (χ0v) is 8.47. The highest BCUT2D eigenvalue weighted by molar-refractivity contribution is 5.73. The number of hydrogen-bond acceptors (Lipinski definition) is 4. The number of carbonyl (C=O) groups is 1. The number of imidazole rings is 1. The van der Waals surface area contributed by atoms with Gasteiger partial charge < -0.3 is 20.5 Å². The van der Waals surface area contributed by atoms with Crippen LogP contribution in [0.1, 0.15) is 12.6 Å². The highest BCUT2D eigenvalue weighted by Gasteiger charge is 2.18. The van der Waals surface area contributed by atoms with E-state index in [0.717, 1.165) is 5.69 Å². The maximum Gasteiger partial charge on any atom is 0.321 e. The van der Waals surface area contributed by atoms with Crippen molar-refractivity contribution in [2.45, 2.75) is 25.5 Å². The van der Waals surface area contributed by atoms with Crippen LogP contribution >= 0.6 is 0 Å². The average Bonchev–Trinajstić information content (AvgIpc) is 2.63. The third-order valence-electron chi connectivity index (χ3n) is 1.94. The van der Waals surface area contributed by atoms with E-state index in [4.69, 9.17) is 10.2 Å². The molecule has 4 N–H and O–H groups in total. The Hall–Kier alpha value is -1.40. The van der Waals surface area contributed by atoms with Gasteiger partial charge in [0.25, 0.3) is 0 Å². The number of aromatic nitrogens is 2. The SMILES string of the molecule is CC(O)CNC(Cc1cnc[nH]1)C(=O)O. The summed E-state index contributed by atoms with van der Waals surface area (Å²) < 4.78 is 0. The van der Waals surface area contributed by atoms with Gasteiger partial charge in [-0.15, -0.1) is 0 Å². The monoisotopic (exact) mass is 213 g/mol. The van der Waals surface area contributed by atoms with E-state index in [0.29, 0.717) is 6.42 Å². The zero-order valence-electron chi connectivity index (χ0n) is 8.47. The molecule has 6 heteroatoms. The number of nitrogens with zero attached hydrogens (tertiary/aromatic N) is 1. The quantitative estimate of drug-likeness (QED) is 0.504. The van der Waals surface area contributed by atoms with Crippen molar-refractivity contribution in [2.24, 2.45) is 0 Å². The van der Waals surface area contributed by atoms with E-state index in [1.807, 2.05) is 0 Å². The first-order valence-electron chi connectivity index (χ1n) is 4.71. The van der Waals surface area contributed by atoms with Gasteiger partial charge in [0.05, 0.1) is 12.4 Å². The van der Waals surface area contributed by atoms with E-state index in [9.17, 15) is 4.79 Å². The second kappa shape index (κ2) is 5.47. The molecule has 0 saturated carbocycles. The summed E-state index contributed by atoms with van der Waals surface area (Å²) in [6.45, 7) is 1.85. The molecule has 15 heavy (non-hydrogen) atoms. The first-order valence-corrected chi connectivity index (χ1v) is 4.71. The van der Waals surface area contributed by atoms with Crippen molar-refractivity contribution in [3.8, 4) is 0 Å². The van der Waals surface area contributed by atoms with Gasteiger partial charge in [-0.05, 0) is 6.92 Å². The van der Waals surface area contributed by atoms with E-state index in [2.05, 4.69) is 15.3 Å². The number of hydrogen-bond donors (Lipinski definition) is 4. The lowest BCUT2D eigenvalue weighted by Gasteiger charge is -2.14. The van der Waals surface area contributed by atoms with Crippen molar-refractivity contribution >= 4 is 5.97 Å². The Morgan fingerprint density at radius 2 is 2.47 bits per heavy atom. The van der Waals surface area contributed by atoms with Gasteiger partial charge in [0, 0.05) is 24.9 Å². The smallest absolute Gasteiger partial charge is 0.321 e. The van der Waals surface area contributed by atoms with Crippen LogP contribution in [0.5, 0.6) is 0 Å². The van der Waals surface area contributed by atoms with Gasteiger partial charge in [0.2, 0.25) is 0 Å². The lowest BCUT2D eigenvalue weighted by Crippen LogP contribution is -2.41. The second-order valence-electron chi connectivity index (χ2n) is 3.43. The third-order valence-corrected chi connectivity index (χ3v) is 1.94. The number of carboxylic acid groups (broad SMARTS) is 1. The number of carboxylic acids is 1. The van der Waals surface area contributed by atoms with Crippen molar-refractivity contribution in [2.75, 3.05) is 6.54 Å². The topological polar surface area (TPSA) is 98.2 Å². The van der Waals surface area contributed by atoms with Crippen molar-refractivity contribution in [1.29, 1.82) is 0 Å². The van der Waals surface area contributed by atoms with Gasteiger partial charge in [-0.3, -0.25) is 4.79 Å². The maximum absolute atomic E-state index is 10.9. The molecule has 1 aromatic heterocycles. The number of aromatic amines is 1. The molecule has 1 rings (SSSR count). The summed E-state index contributed by atoms with van der Waals surface area (Å²) in [6, 6.07) is -0.708. The normalized spacial score (nSPS) is 14.8. The molecule has 0 spiro atoms. The molecule has 0 aliphatic carbocycles. The van der Waals surface area contributed by atoms with Crippen molar-refractivity contribution < 1.29 is 15.0 Å². The minimum Gasteiger partial charge on any atom is -0.480 e. The van der Waals surface area contributed by atoms with Crippen LogP contribution in [0.25, 0.3) is 0 Å². The Labute approximate surface area is 87.3 Å². The molecule has 0 aliphatic heterocycles. The Kier molecular flexibility index (Phi) is 4.26. The lowest BCUT2D eigenvalue weighted by atomic mass is 10.1. The predicted octanol–water partition coefficient (Wildman–Crippen LogP) is -0.624. The molecule has 0 aliphatic rings. The Balaban J connectivity index is 2.47. The van der Waals surface area contributed by atoms with Gasteiger partial charge in [-0.25, -0.2) is 4.98 Å². The van der Waals surface area contributed by atoms with Crippen LogP contribution in [0.3, 0.4) is 0 Å². The molecule has 0 fully saturated rings. The van der Waals surface area contributed by atoms with E-state index in [1.165, 1.54) is 6.33 Å². The fourth-order valence-electron chi connectivity index (χ4n) is 1.18. The van der Waals surface area contributed by atoms with Crippen LogP contribution in [0.4, 0.5) is 0 Å². The van der Waals surface area contributed by atoms with Crippen molar-refractivity contribution in [3.05, 3.63) is 18.2 Å². The zero-order chi connectivity index (χ0) is 11.3. The summed E-state index contributed by atoms with van der Waals surface area (Å²) in [5, 5.41) is 20.7. The van der Waals surface area contributed by atoms with Crippen LogP contribution in [0, 0.1) is 0 Å². The minimum atomic E-state index is -0.940. The highest BCUT2D eigenvalue weighted by Crippen LogP contribution is 1.98. The second-order valence-corrected chi connectivity index (χ2v) is 3.43. The molecule has 0 saturated heterocycles.